The second-order valence-electron chi connectivity index (χ2n) is 7.72. The lowest BCUT2D eigenvalue weighted by Crippen LogP contribution is -2.56. The molecule has 3 nitrogen and oxygen atoms in total. The Hall–Kier alpha value is -1.22. The molecular formula is C19H24ClNO2. The van der Waals surface area contributed by atoms with Gasteiger partial charge in [0, 0.05) is 11.1 Å². The largest absolute Gasteiger partial charge is 0.484 e. The molecule has 4 aliphatic carbocycles. The van der Waals surface area contributed by atoms with Gasteiger partial charge in [-0.05, 0) is 86.5 Å². The summed E-state index contributed by atoms with van der Waals surface area (Å²) in [6.45, 7) is 2.03. The van der Waals surface area contributed by atoms with Crippen LogP contribution in [0.1, 0.15) is 37.7 Å². The Morgan fingerprint density at radius 1 is 1.17 bits per heavy atom. The van der Waals surface area contributed by atoms with Gasteiger partial charge in [-0.1, -0.05) is 11.6 Å². The Morgan fingerprint density at radius 3 is 2.43 bits per heavy atom. The monoisotopic (exact) mass is 333 g/mol. The van der Waals surface area contributed by atoms with Gasteiger partial charge in [0.2, 0.25) is 0 Å². The van der Waals surface area contributed by atoms with Crippen molar-refractivity contribution >= 4 is 17.5 Å². The summed E-state index contributed by atoms with van der Waals surface area (Å²) in [5.74, 6) is 4.00. The fourth-order valence-corrected chi connectivity index (χ4v) is 5.53. The molecule has 0 atom stereocenters. The van der Waals surface area contributed by atoms with Crippen molar-refractivity contribution in [3.05, 3.63) is 28.8 Å². The van der Waals surface area contributed by atoms with Crippen LogP contribution in [0.2, 0.25) is 5.02 Å². The number of ether oxygens (including phenoxy) is 1. The lowest BCUT2D eigenvalue weighted by atomic mass is 9.54. The average Bonchev–Trinajstić information content (AvgIpc) is 2.49. The molecule has 4 aliphatic rings. The molecule has 4 saturated carbocycles. The van der Waals surface area contributed by atoms with E-state index >= 15 is 0 Å². The Kier molecular flexibility index (Phi) is 4.00. The Morgan fingerprint density at radius 2 is 1.83 bits per heavy atom. The number of carbonyl (C=O) groups excluding carboxylic acids is 1. The molecule has 0 aromatic heterocycles. The number of benzene rings is 1. The quantitative estimate of drug-likeness (QED) is 0.905. The SMILES string of the molecule is Cc1cc(Cl)ccc1OCC(=O)NC1C2CC3CC(C2)CC1C3. The molecule has 4 heteroatoms. The van der Waals surface area contributed by atoms with E-state index < -0.39 is 0 Å². The molecule has 1 amide bonds. The van der Waals surface area contributed by atoms with E-state index in [1.807, 2.05) is 19.1 Å². The number of amides is 1. The smallest absolute Gasteiger partial charge is 0.258 e. The van der Waals surface area contributed by atoms with E-state index in [0.29, 0.717) is 22.9 Å². The van der Waals surface area contributed by atoms with E-state index in [4.69, 9.17) is 16.3 Å². The highest BCUT2D eigenvalue weighted by Crippen LogP contribution is 2.53. The van der Waals surface area contributed by atoms with Crippen LogP contribution in [0.15, 0.2) is 18.2 Å². The molecule has 4 fully saturated rings. The zero-order valence-corrected chi connectivity index (χ0v) is 14.3. The summed E-state index contributed by atoms with van der Waals surface area (Å²) in [5, 5.41) is 3.96. The zero-order valence-electron chi connectivity index (χ0n) is 13.6. The van der Waals surface area contributed by atoms with Crippen LogP contribution in [0.5, 0.6) is 5.75 Å². The molecule has 124 valence electrons. The molecule has 1 aromatic rings. The lowest BCUT2D eigenvalue weighted by Gasteiger charge is -2.54. The molecule has 5 rings (SSSR count). The van der Waals surface area contributed by atoms with Crippen molar-refractivity contribution in [1.29, 1.82) is 0 Å². The standard InChI is InChI=1S/C19H24ClNO2/c1-11-4-16(20)2-3-17(11)23-10-18(22)21-19-14-6-12-5-13(8-14)9-15(19)7-12/h2-4,12-15,19H,5-10H2,1H3,(H,21,22). The molecule has 0 heterocycles. The van der Waals surface area contributed by atoms with Crippen molar-refractivity contribution in [2.24, 2.45) is 23.7 Å². The Balaban J connectivity index is 1.33. The molecule has 23 heavy (non-hydrogen) atoms. The summed E-state index contributed by atoms with van der Waals surface area (Å²) in [6.07, 6.45) is 6.70. The van der Waals surface area contributed by atoms with Crippen molar-refractivity contribution in [1.82, 2.24) is 5.32 Å². The minimum Gasteiger partial charge on any atom is -0.484 e. The fourth-order valence-electron chi connectivity index (χ4n) is 5.31. The molecule has 0 spiro atoms. The van der Waals surface area contributed by atoms with Gasteiger partial charge in [0.05, 0.1) is 0 Å². The summed E-state index contributed by atoms with van der Waals surface area (Å²) >= 11 is 5.94. The predicted molar refractivity (Wildman–Crippen MR) is 90.7 cm³/mol. The van der Waals surface area contributed by atoms with Crippen LogP contribution in [0, 0.1) is 30.6 Å². The van der Waals surface area contributed by atoms with Gasteiger partial charge in [-0.15, -0.1) is 0 Å². The number of aryl methyl sites for hydroxylation is 1. The van der Waals surface area contributed by atoms with E-state index in [-0.39, 0.29) is 12.5 Å². The van der Waals surface area contributed by atoms with Gasteiger partial charge in [-0.25, -0.2) is 0 Å². The van der Waals surface area contributed by atoms with Crippen LogP contribution in [-0.2, 0) is 4.79 Å². The first-order valence-corrected chi connectivity index (χ1v) is 9.14. The molecule has 1 aromatic carbocycles. The van der Waals surface area contributed by atoms with Gasteiger partial charge in [-0.2, -0.15) is 0 Å². The van der Waals surface area contributed by atoms with Gasteiger partial charge in [0.1, 0.15) is 5.75 Å². The molecular weight excluding hydrogens is 310 g/mol. The van der Waals surface area contributed by atoms with Crippen LogP contribution >= 0.6 is 11.6 Å². The van der Waals surface area contributed by atoms with Crippen molar-refractivity contribution in [3.8, 4) is 5.75 Å². The Labute approximate surface area is 142 Å². The summed E-state index contributed by atoms with van der Waals surface area (Å²) in [4.78, 5) is 12.3. The number of hydrogen-bond acceptors (Lipinski definition) is 2. The molecule has 0 radical (unpaired) electrons. The van der Waals surface area contributed by atoms with Crippen molar-refractivity contribution in [3.63, 3.8) is 0 Å². The lowest BCUT2D eigenvalue weighted by molar-refractivity contribution is -0.127. The van der Waals surface area contributed by atoms with E-state index in [2.05, 4.69) is 5.32 Å². The minimum absolute atomic E-state index is 0.0109. The molecule has 1 N–H and O–H groups in total. The Bertz CT molecular complexity index is 587. The van der Waals surface area contributed by atoms with Crippen LogP contribution in [0.4, 0.5) is 0 Å². The molecule has 0 saturated heterocycles. The fraction of sp³-hybridized carbons (Fsp3) is 0.632. The van der Waals surface area contributed by atoms with E-state index in [9.17, 15) is 4.79 Å². The summed E-state index contributed by atoms with van der Waals surface area (Å²) in [6, 6.07) is 5.85. The highest BCUT2D eigenvalue weighted by atomic mass is 35.5. The number of hydrogen-bond donors (Lipinski definition) is 1. The number of nitrogens with one attached hydrogen (secondary N) is 1. The second kappa shape index (κ2) is 6.01. The van der Waals surface area contributed by atoms with Crippen LogP contribution < -0.4 is 10.1 Å². The van der Waals surface area contributed by atoms with Gasteiger partial charge < -0.3 is 10.1 Å². The van der Waals surface area contributed by atoms with Gasteiger partial charge in [0.25, 0.3) is 5.91 Å². The molecule has 4 bridgehead atoms. The van der Waals surface area contributed by atoms with Gasteiger partial charge >= 0.3 is 0 Å². The van der Waals surface area contributed by atoms with E-state index in [0.717, 1.165) is 23.1 Å². The number of rotatable bonds is 4. The average molecular weight is 334 g/mol. The minimum atomic E-state index is 0.0109. The van der Waals surface area contributed by atoms with Gasteiger partial charge in [0.15, 0.2) is 6.61 Å². The van der Waals surface area contributed by atoms with Crippen LogP contribution in [0.3, 0.4) is 0 Å². The van der Waals surface area contributed by atoms with Crippen LogP contribution in [-0.4, -0.2) is 18.6 Å². The third-order valence-corrected chi connectivity index (χ3v) is 6.29. The topological polar surface area (TPSA) is 38.3 Å². The van der Waals surface area contributed by atoms with Crippen molar-refractivity contribution in [2.45, 2.75) is 45.1 Å². The predicted octanol–water partition coefficient (Wildman–Crippen LogP) is 3.97. The normalized spacial score (nSPS) is 34.4. The first-order chi connectivity index (χ1) is 11.1. The second-order valence-corrected chi connectivity index (χ2v) is 8.16. The third-order valence-electron chi connectivity index (χ3n) is 6.05. The summed E-state index contributed by atoms with van der Waals surface area (Å²) in [5.41, 5.74) is 0.958. The van der Waals surface area contributed by atoms with Crippen molar-refractivity contribution < 1.29 is 9.53 Å². The molecule has 0 unspecified atom stereocenters. The zero-order chi connectivity index (χ0) is 16.0. The maximum absolute atomic E-state index is 12.3. The maximum atomic E-state index is 12.3. The summed E-state index contributed by atoms with van der Waals surface area (Å²) in [7, 11) is 0. The van der Waals surface area contributed by atoms with Gasteiger partial charge in [-0.3, -0.25) is 4.79 Å². The van der Waals surface area contributed by atoms with Crippen molar-refractivity contribution in [2.75, 3.05) is 6.61 Å². The highest BCUT2D eigenvalue weighted by molar-refractivity contribution is 6.30. The number of halogens is 1. The highest BCUT2D eigenvalue weighted by Gasteiger charge is 2.48. The maximum Gasteiger partial charge on any atom is 0.258 e. The number of carbonyl (C=O) groups is 1. The summed E-state index contributed by atoms with van der Waals surface area (Å²) < 4.78 is 5.68. The third kappa shape index (κ3) is 3.08. The first kappa shape index (κ1) is 15.3. The molecule has 0 aliphatic heterocycles. The van der Waals surface area contributed by atoms with Crippen LogP contribution in [0.25, 0.3) is 0 Å². The van der Waals surface area contributed by atoms with E-state index in [1.54, 1.807) is 6.07 Å². The van der Waals surface area contributed by atoms with E-state index in [1.165, 1.54) is 32.1 Å². The first-order valence-electron chi connectivity index (χ1n) is 8.77.